The van der Waals surface area contributed by atoms with Crippen LogP contribution in [0.25, 0.3) is 0 Å². The van der Waals surface area contributed by atoms with Crippen LogP contribution < -0.4 is 0 Å². The highest BCUT2D eigenvalue weighted by atomic mass is 31.2. The molecule has 0 aliphatic rings. The normalized spacial score (nSPS) is 14.3. The van der Waals surface area contributed by atoms with E-state index in [9.17, 15) is 43.2 Å². The summed E-state index contributed by atoms with van der Waals surface area (Å²) < 4.78 is 68.1. The SMILES string of the molecule is CCCCCCCCCCCCCCCCCCCCCCCCC(=O)O[C@H](COC(=O)CCCCCCCCCCCCCCCCC(C)CC)COP(=O)(O)OC[C@@H](O)COP(=O)(O)OC[C@@H](COC(=O)CCCCCCC)OC(=O)CCCCCCCCC(C)C. The largest absolute Gasteiger partial charge is 0.472 e. The average Bonchev–Trinajstić information content (AvgIpc) is 1.69. The summed E-state index contributed by atoms with van der Waals surface area (Å²) in [6.45, 7) is 9.45. The highest BCUT2D eigenvalue weighted by molar-refractivity contribution is 7.47. The molecule has 0 saturated carbocycles. The Morgan fingerprint density at radius 1 is 0.309 bits per heavy atom. The molecule has 3 unspecified atom stereocenters. The van der Waals surface area contributed by atoms with Crippen molar-refractivity contribution in [2.24, 2.45) is 11.8 Å². The van der Waals surface area contributed by atoms with Gasteiger partial charge in [0, 0.05) is 25.7 Å². The second kappa shape index (κ2) is 66.9. The molecule has 0 aromatic heterocycles. The Bertz CT molecular complexity index is 1820. The van der Waals surface area contributed by atoms with Gasteiger partial charge < -0.3 is 33.8 Å². The van der Waals surface area contributed by atoms with Gasteiger partial charge in [-0.1, -0.05) is 337 Å². The van der Waals surface area contributed by atoms with E-state index < -0.39 is 97.5 Å². The van der Waals surface area contributed by atoms with Crippen LogP contribution in [-0.2, 0) is 65.4 Å². The molecule has 0 bridgehead atoms. The molecule has 19 heteroatoms. The predicted molar refractivity (Wildman–Crippen MR) is 381 cm³/mol. The van der Waals surface area contributed by atoms with Crippen LogP contribution in [0.1, 0.15) is 388 Å². The van der Waals surface area contributed by atoms with Crippen molar-refractivity contribution in [1.82, 2.24) is 0 Å². The van der Waals surface area contributed by atoms with Gasteiger partial charge in [0.2, 0.25) is 0 Å². The van der Waals surface area contributed by atoms with Gasteiger partial charge in [-0.25, -0.2) is 9.13 Å². The number of rotatable bonds is 74. The number of aliphatic hydroxyl groups is 1. The molecule has 0 aromatic carbocycles. The van der Waals surface area contributed by atoms with Gasteiger partial charge >= 0.3 is 39.5 Å². The summed E-state index contributed by atoms with van der Waals surface area (Å²) in [5.74, 6) is -0.616. The van der Waals surface area contributed by atoms with Crippen molar-refractivity contribution >= 4 is 39.5 Å². The number of hydrogen-bond donors (Lipinski definition) is 3. The third-order valence-electron chi connectivity index (χ3n) is 17.8. The Labute approximate surface area is 575 Å². The van der Waals surface area contributed by atoms with Gasteiger partial charge in [0.25, 0.3) is 0 Å². The maximum Gasteiger partial charge on any atom is 0.472 e. The Balaban J connectivity index is 5.09. The van der Waals surface area contributed by atoms with Crippen molar-refractivity contribution < 1.29 is 80.2 Å². The third kappa shape index (κ3) is 67.3. The van der Waals surface area contributed by atoms with Gasteiger partial charge in [0.1, 0.15) is 19.3 Å². The standard InChI is InChI=1S/C75H146O17P2/c1-7-10-12-14-15-16-17-18-19-20-21-22-23-24-25-26-31-34-37-40-47-53-59-74(79)91-71(64-86-73(78)58-52-46-39-36-33-30-28-27-29-32-35-38-45-50-56-68(6)9-3)66-90-94(83,84)88-62-69(76)61-87-93(81,82)89-65-70(63-85-72(77)57-51-43-13-11-8-2)92-75(80)60-54-48-42-41-44-49-55-67(4)5/h67-71,76H,7-66H2,1-6H3,(H,81,82)(H,83,84)/t68?,69-,70+,71+/m0/s1. The number of phosphoric ester groups is 2. The van der Waals surface area contributed by atoms with Gasteiger partial charge in [0.15, 0.2) is 12.2 Å². The number of carbonyl (C=O) groups is 4. The van der Waals surface area contributed by atoms with E-state index in [0.29, 0.717) is 31.6 Å². The number of phosphoric acid groups is 2. The minimum absolute atomic E-state index is 0.101. The summed E-state index contributed by atoms with van der Waals surface area (Å²) in [6.07, 6.45) is 54.9. The van der Waals surface area contributed by atoms with E-state index in [2.05, 4.69) is 41.5 Å². The molecule has 0 fully saturated rings. The summed E-state index contributed by atoms with van der Waals surface area (Å²) in [7, 11) is -9.89. The molecule has 0 aliphatic carbocycles. The molecule has 0 aromatic rings. The van der Waals surface area contributed by atoms with Crippen molar-refractivity contribution in [2.75, 3.05) is 39.6 Å². The Kier molecular flexibility index (Phi) is 65.5. The van der Waals surface area contributed by atoms with E-state index in [1.807, 2.05) is 0 Å². The molecule has 0 saturated heterocycles. The summed E-state index contributed by atoms with van der Waals surface area (Å²) in [5, 5.41) is 10.6. The van der Waals surface area contributed by atoms with E-state index in [-0.39, 0.29) is 25.7 Å². The van der Waals surface area contributed by atoms with E-state index in [1.165, 1.54) is 199 Å². The lowest BCUT2D eigenvalue weighted by Crippen LogP contribution is -2.30. The topological polar surface area (TPSA) is 237 Å². The Morgan fingerprint density at radius 2 is 0.543 bits per heavy atom. The van der Waals surface area contributed by atoms with Crippen LogP contribution >= 0.6 is 15.6 Å². The average molecular weight is 1380 g/mol. The van der Waals surface area contributed by atoms with Crippen LogP contribution in [0.15, 0.2) is 0 Å². The summed E-state index contributed by atoms with van der Waals surface area (Å²) in [5.41, 5.74) is 0. The van der Waals surface area contributed by atoms with Gasteiger partial charge in [-0.2, -0.15) is 0 Å². The molecule has 3 N–H and O–H groups in total. The number of unbranched alkanes of at least 4 members (excludes halogenated alkanes) is 43. The lowest BCUT2D eigenvalue weighted by molar-refractivity contribution is -0.161. The number of ether oxygens (including phenoxy) is 4. The highest BCUT2D eigenvalue weighted by Gasteiger charge is 2.30. The quantitative estimate of drug-likeness (QED) is 0.0222. The van der Waals surface area contributed by atoms with E-state index in [1.54, 1.807) is 0 Å². The monoisotopic (exact) mass is 1380 g/mol. The molecule has 0 heterocycles. The molecule has 558 valence electrons. The first-order chi connectivity index (χ1) is 45.4. The number of aliphatic hydroxyl groups excluding tert-OH is 1. The minimum Gasteiger partial charge on any atom is -0.462 e. The number of hydrogen-bond acceptors (Lipinski definition) is 15. The van der Waals surface area contributed by atoms with Crippen molar-refractivity contribution in [3.05, 3.63) is 0 Å². The summed E-state index contributed by atoms with van der Waals surface area (Å²) in [4.78, 5) is 72.4. The van der Waals surface area contributed by atoms with Crippen LogP contribution in [0.3, 0.4) is 0 Å². The van der Waals surface area contributed by atoms with E-state index in [4.69, 9.17) is 37.0 Å². The minimum atomic E-state index is -4.95. The summed E-state index contributed by atoms with van der Waals surface area (Å²) >= 11 is 0. The van der Waals surface area contributed by atoms with Crippen LogP contribution in [0.2, 0.25) is 0 Å². The zero-order valence-corrected chi connectivity index (χ0v) is 63.1. The molecule has 17 nitrogen and oxygen atoms in total. The van der Waals surface area contributed by atoms with Gasteiger partial charge in [-0.05, 0) is 37.5 Å². The zero-order valence-electron chi connectivity index (χ0n) is 61.3. The Morgan fingerprint density at radius 3 is 0.809 bits per heavy atom. The molecular weight excluding hydrogens is 1230 g/mol. The lowest BCUT2D eigenvalue weighted by Gasteiger charge is -2.21. The van der Waals surface area contributed by atoms with Gasteiger partial charge in [-0.15, -0.1) is 0 Å². The third-order valence-corrected chi connectivity index (χ3v) is 19.7. The fourth-order valence-electron chi connectivity index (χ4n) is 11.4. The van der Waals surface area contributed by atoms with Crippen molar-refractivity contribution in [2.45, 2.75) is 407 Å². The summed E-state index contributed by atoms with van der Waals surface area (Å²) in [6, 6.07) is 0. The van der Waals surface area contributed by atoms with Gasteiger partial charge in [0.05, 0.1) is 26.4 Å². The van der Waals surface area contributed by atoms with Crippen molar-refractivity contribution in [3.8, 4) is 0 Å². The molecular formula is C75H146O17P2. The van der Waals surface area contributed by atoms with Crippen LogP contribution in [0.4, 0.5) is 0 Å². The van der Waals surface area contributed by atoms with Crippen molar-refractivity contribution in [1.29, 1.82) is 0 Å². The number of carbonyl (C=O) groups excluding carboxylic acids is 4. The smallest absolute Gasteiger partial charge is 0.462 e. The zero-order chi connectivity index (χ0) is 69.3. The molecule has 0 radical (unpaired) electrons. The lowest BCUT2D eigenvalue weighted by atomic mass is 9.99. The van der Waals surface area contributed by atoms with E-state index >= 15 is 0 Å². The fraction of sp³-hybridized carbons (Fsp3) is 0.947. The highest BCUT2D eigenvalue weighted by Crippen LogP contribution is 2.45. The van der Waals surface area contributed by atoms with Crippen LogP contribution in [0, 0.1) is 11.8 Å². The molecule has 94 heavy (non-hydrogen) atoms. The first-order valence-corrected chi connectivity index (χ1v) is 42.0. The van der Waals surface area contributed by atoms with Crippen LogP contribution in [-0.4, -0.2) is 96.7 Å². The molecule has 6 atom stereocenters. The maximum absolute atomic E-state index is 13.1. The first kappa shape index (κ1) is 92.1. The molecule has 0 spiro atoms. The first-order valence-electron chi connectivity index (χ1n) is 39.0. The maximum atomic E-state index is 13.1. The second-order valence-corrected chi connectivity index (χ2v) is 30.7. The molecule has 0 aliphatic heterocycles. The number of esters is 4. The van der Waals surface area contributed by atoms with Gasteiger partial charge in [-0.3, -0.25) is 37.3 Å². The fourth-order valence-corrected chi connectivity index (χ4v) is 13.0. The Hall–Kier alpha value is -1.94. The molecule has 0 amide bonds. The second-order valence-electron chi connectivity index (χ2n) is 27.8. The predicted octanol–water partition coefficient (Wildman–Crippen LogP) is 21.9. The van der Waals surface area contributed by atoms with Crippen molar-refractivity contribution in [3.63, 3.8) is 0 Å². The molecule has 0 rings (SSSR count). The van der Waals surface area contributed by atoms with E-state index in [0.717, 1.165) is 102 Å². The van der Waals surface area contributed by atoms with Crippen LogP contribution in [0.5, 0.6) is 0 Å².